The number of aliphatic hydroxyl groups excluding tert-OH is 1. The molecule has 1 rings (SSSR count). The van der Waals surface area contributed by atoms with Gasteiger partial charge < -0.3 is 10.0 Å². The number of aliphatic hydroxyl groups is 1. The van der Waals surface area contributed by atoms with E-state index >= 15 is 0 Å². The SMILES string of the molecule is CC(O)C(C)SCCCN1CCCC1. The molecule has 1 fully saturated rings. The summed E-state index contributed by atoms with van der Waals surface area (Å²) in [6.45, 7) is 7.83. The first-order chi connectivity index (χ1) is 6.70. The molecule has 84 valence electrons. The van der Waals surface area contributed by atoms with Gasteiger partial charge in [0, 0.05) is 5.25 Å². The molecule has 0 aromatic carbocycles. The molecule has 0 radical (unpaired) electrons. The van der Waals surface area contributed by atoms with Crippen LogP contribution in [0, 0.1) is 0 Å². The van der Waals surface area contributed by atoms with E-state index in [1.807, 2.05) is 18.7 Å². The fourth-order valence-corrected chi connectivity index (χ4v) is 2.65. The van der Waals surface area contributed by atoms with Gasteiger partial charge in [-0.2, -0.15) is 11.8 Å². The van der Waals surface area contributed by atoms with Gasteiger partial charge in [0.05, 0.1) is 6.10 Å². The zero-order valence-corrected chi connectivity index (χ0v) is 10.2. The molecule has 1 saturated heterocycles. The Labute approximate surface area is 92.1 Å². The van der Waals surface area contributed by atoms with E-state index in [1.54, 1.807) is 0 Å². The van der Waals surface area contributed by atoms with E-state index in [9.17, 15) is 5.11 Å². The van der Waals surface area contributed by atoms with Crippen LogP contribution in [0.2, 0.25) is 0 Å². The van der Waals surface area contributed by atoms with Crippen molar-refractivity contribution in [2.24, 2.45) is 0 Å². The molecule has 14 heavy (non-hydrogen) atoms. The summed E-state index contributed by atoms with van der Waals surface area (Å²) in [6.07, 6.45) is 3.86. The van der Waals surface area contributed by atoms with Crippen LogP contribution in [-0.2, 0) is 0 Å². The maximum absolute atomic E-state index is 9.30. The first-order valence-corrected chi connectivity index (χ1v) is 6.77. The summed E-state index contributed by atoms with van der Waals surface area (Å²) in [5.74, 6) is 1.18. The van der Waals surface area contributed by atoms with Gasteiger partial charge >= 0.3 is 0 Å². The predicted octanol–water partition coefficient (Wildman–Crippen LogP) is 1.97. The van der Waals surface area contributed by atoms with Gasteiger partial charge in [-0.05, 0) is 51.6 Å². The van der Waals surface area contributed by atoms with Crippen molar-refractivity contribution in [3.8, 4) is 0 Å². The standard InChI is InChI=1S/C11H23NOS/c1-10(13)11(2)14-9-5-8-12-6-3-4-7-12/h10-11,13H,3-9H2,1-2H3. The van der Waals surface area contributed by atoms with Gasteiger partial charge in [-0.1, -0.05) is 6.92 Å². The Bertz CT molecular complexity index is 142. The lowest BCUT2D eigenvalue weighted by Gasteiger charge is -2.16. The van der Waals surface area contributed by atoms with E-state index < -0.39 is 0 Å². The monoisotopic (exact) mass is 217 g/mol. The van der Waals surface area contributed by atoms with Crippen molar-refractivity contribution < 1.29 is 5.11 Å². The molecule has 2 unspecified atom stereocenters. The fraction of sp³-hybridized carbons (Fsp3) is 1.00. The first-order valence-electron chi connectivity index (χ1n) is 5.72. The third kappa shape index (κ3) is 4.67. The lowest BCUT2D eigenvalue weighted by atomic mass is 10.3. The molecule has 1 N–H and O–H groups in total. The van der Waals surface area contributed by atoms with Gasteiger partial charge in [0.2, 0.25) is 0 Å². The van der Waals surface area contributed by atoms with E-state index in [2.05, 4.69) is 11.8 Å². The molecular weight excluding hydrogens is 194 g/mol. The van der Waals surface area contributed by atoms with Crippen molar-refractivity contribution in [3.63, 3.8) is 0 Å². The van der Waals surface area contributed by atoms with Crippen LogP contribution in [0.1, 0.15) is 33.1 Å². The van der Waals surface area contributed by atoms with Crippen molar-refractivity contribution in [3.05, 3.63) is 0 Å². The number of nitrogens with zero attached hydrogens (tertiary/aromatic N) is 1. The zero-order valence-electron chi connectivity index (χ0n) is 9.41. The Kier molecular flexibility index (Phi) is 5.90. The average molecular weight is 217 g/mol. The van der Waals surface area contributed by atoms with Crippen molar-refractivity contribution in [2.75, 3.05) is 25.4 Å². The van der Waals surface area contributed by atoms with Gasteiger partial charge in [0.25, 0.3) is 0 Å². The Hall–Kier alpha value is 0.270. The smallest absolute Gasteiger partial charge is 0.0627 e. The summed E-state index contributed by atoms with van der Waals surface area (Å²) in [7, 11) is 0. The second kappa shape index (κ2) is 6.70. The molecule has 1 aliphatic rings. The van der Waals surface area contributed by atoms with Gasteiger partial charge in [0.15, 0.2) is 0 Å². The Balaban J connectivity index is 1.93. The van der Waals surface area contributed by atoms with Gasteiger partial charge in [-0.25, -0.2) is 0 Å². The van der Waals surface area contributed by atoms with Crippen LogP contribution in [0.3, 0.4) is 0 Å². The highest BCUT2D eigenvalue weighted by Crippen LogP contribution is 2.16. The Morgan fingerprint density at radius 1 is 1.29 bits per heavy atom. The second-order valence-corrected chi connectivity index (χ2v) is 5.70. The number of hydrogen-bond donors (Lipinski definition) is 1. The van der Waals surface area contributed by atoms with Crippen LogP contribution >= 0.6 is 11.8 Å². The summed E-state index contributed by atoms with van der Waals surface area (Å²) in [4.78, 5) is 2.55. The summed E-state index contributed by atoms with van der Waals surface area (Å²) in [5, 5.41) is 9.68. The minimum absolute atomic E-state index is 0.174. The molecule has 0 aromatic heterocycles. The molecule has 0 aliphatic carbocycles. The van der Waals surface area contributed by atoms with Crippen LogP contribution in [0.5, 0.6) is 0 Å². The summed E-state index contributed by atoms with van der Waals surface area (Å²) >= 11 is 1.89. The minimum Gasteiger partial charge on any atom is -0.392 e. The zero-order chi connectivity index (χ0) is 10.4. The van der Waals surface area contributed by atoms with Crippen molar-refractivity contribution in [1.82, 2.24) is 4.90 Å². The average Bonchev–Trinajstić information content (AvgIpc) is 2.64. The normalized spacial score (nSPS) is 22.5. The van der Waals surface area contributed by atoms with Gasteiger partial charge in [-0.3, -0.25) is 0 Å². The van der Waals surface area contributed by atoms with Crippen molar-refractivity contribution >= 4 is 11.8 Å². The molecule has 2 atom stereocenters. The third-order valence-electron chi connectivity index (χ3n) is 2.88. The highest BCUT2D eigenvalue weighted by molar-refractivity contribution is 7.99. The molecule has 0 aromatic rings. The van der Waals surface area contributed by atoms with Crippen LogP contribution in [0.15, 0.2) is 0 Å². The highest BCUT2D eigenvalue weighted by Gasteiger charge is 2.12. The third-order valence-corrected chi connectivity index (χ3v) is 4.32. The lowest BCUT2D eigenvalue weighted by molar-refractivity contribution is 0.196. The number of likely N-dealkylation sites (tertiary alicyclic amines) is 1. The summed E-state index contributed by atoms with van der Waals surface area (Å²) < 4.78 is 0. The van der Waals surface area contributed by atoms with Gasteiger partial charge in [0.1, 0.15) is 0 Å². The minimum atomic E-state index is -0.174. The molecule has 0 spiro atoms. The molecular formula is C11H23NOS. The topological polar surface area (TPSA) is 23.5 Å². The summed E-state index contributed by atoms with van der Waals surface area (Å²) in [5.41, 5.74) is 0. The quantitative estimate of drug-likeness (QED) is 0.688. The predicted molar refractivity (Wildman–Crippen MR) is 63.9 cm³/mol. The largest absolute Gasteiger partial charge is 0.392 e. The van der Waals surface area contributed by atoms with Crippen LogP contribution in [0.25, 0.3) is 0 Å². The summed E-state index contributed by atoms with van der Waals surface area (Å²) in [6, 6.07) is 0. The molecule has 1 aliphatic heterocycles. The van der Waals surface area contributed by atoms with Crippen LogP contribution < -0.4 is 0 Å². The van der Waals surface area contributed by atoms with Crippen molar-refractivity contribution in [1.29, 1.82) is 0 Å². The Morgan fingerprint density at radius 2 is 1.93 bits per heavy atom. The van der Waals surface area contributed by atoms with E-state index in [-0.39, 0.29) is 6.10 Å². The van der Waals surface area contributed by atoms with Crippen LogP contribution in [0.4, 0.5) is 0 Å². The molecule has 3 heteroatoms. The Morgan fingerprint density at radius 3 is 2.50 bits per heavy atom. The van der Waals surface area contributed by atoms with Crippen LogP contribution in [-0.4, -0.2) is 46.7 Å². The first kappa shape index (κ1) is 12.3. The van der Waals surface area contributed by atoms with E-state index in [1.165, 1.54) is 44.6 Å². The number of hydrogen-bond acceptors (Lipinski definition) is 3. The second-order valence-electron chi connectivity index (χ2n) is 4.22. The molecule has 1 heterocycles. The van der Waals surface area contributed by atoms with Gasteiger partial charge in [-0.15, -0.1) is 0 Å². The number of thioether (sulfide) groups is 1. The lowest BCUT2D eigenvalue weighted by Crippen LogP contribution is -2.21. The maximum Gasteiger partial charge on any atom is 0.0627 e. The van der Waals surface area contributed by atoms with E-state index in [4.69, 9.17) is 0 Å². The highest BCUT2D eigenvalue weighted by atomic mass is 32.2. The molecule has 0 saturated carbocycles. The molecule has 0 amide bonds. The number of rotatable bonds is 6. The van der Waals surface area contributed by atoms with Crippen molar-refractivity contribution in [2.45, 2.75) is 44.5 Å². The molecule has 0 bridgehead atoms. The van der Waals surface area contributed by atoms with E-state index in [0.29, 0.717) is 5.25 Å². The maximum atomic E-state index is 9.30. The van der Waals surface area contributed by atoms with E-state index in [0.717, 1.165) is 0 Å². The molecule has 2 nitrogen and oxygen atoms in total. The fourth-order valence-electron chi connectivity index (χ4n) is 1.70.